The number of benzene rings is 1. The molecule has 1 N–H and O–H groups in total. The fourth-order valence-corrected chi connectivity index (χ4v) is 2.08. The zero-order chi connectivity index (χ0) is 13.4. The van der Waals surface area contributed by atoms with Crippen molar-refractivity contribution >= 4 is 17.0 Å². The maximum Gasteiger partial charge on any atom is 0.337 e. The van der Waals surface area contributed by atoms with Gasteiger partial charge in [-0.25, -0.2) is 14.5 Å². The van der Waals surface area contributed by atoms with Crippen LogP contribution in [0.15, 0.2) is 18.2 Å². The Balaban J connectivity index is 2.88. The summed E-state index contributed by atoms with van der Waals surface area (Å²) in [5.41, 5.74) is 1.65. The fourth-order valence-electron chi connectivity index (χ4n) is 2.08. The summed E-state index contributed by atoms with van der Waals surface area (Å²) in [7, 11) is 3.76. The predicted octanol–water partition coefficient (Wildman–Crippen LogP) is 2.06. The number of para-hydroxylation sites is 1. The molecule has 1 heterocycles. The summed E-state index contributed by atoms with van der Waals surface area (Å²) in [5.74, 6) is 0.157. The summed E-state index contributed by atoms with van der Waals surface area (Å²) in [6, 6.07) is 5.17. The third-order valence-corrected chi connectivity index (χ3v) is 2.83. The van der Waals surface area contributed by atoms with Crippen LogP contribution >= 0.6 is 0 Å². The maximum absolute atomic E-state index is 11.3. The predicted molar refractivity (Wildman–Crippen MR) is 70.8 cm³/mol. The number of imidazole rings is 1. The molecule has 96 valence electrons. The van der Waals surface area contributed by atoms with E-state index in [4.69, 9.17) is 0 Å². The van der Waals surface area contributed by atoms with E-state index < -0.39 is 5.97 Å². The minimum atomic E-state index is -0.932. The van der Waals surface area contributed by atoms with Crippen molar-refractivity contribution < 1.29 is 9.90 Å². The van der Waals surface area contributed by atoms with Gasteiger partial charge in [-0.1, -0.05) is 19.9 Å². The number of hydrogen-bond donors (Lipinski definition) is 1. The lowest BCUT2D eigenvalue weighted by Gasteiger charge is -2.20. The van der Waals surface area contributed by atoms with Crippen molar-refractivity contribution in [3.8, 4) is 0 Å². The number of rotatable bonds is 3. The summed E-state index contributed by atoms with van der Waals surface area (Å²) in [6.07, 6.45) is 0. The molecular formula is C13H17N3O2. The van der Waals surface area contributed by atoms with Crippen LogP contribution in [0.3, 0.4) is 0 Å². The number of carbonyl (C=O) groups is 1. The van der Waals surface area contributed by atoms with Gasteiger partial charge in [0, 0.05) is 20.0 Å². The molecule has 18 heavy (non-hydrogen) atoms. The van der Waals surface area contributed by atoms with E-state index in [-0.39, 0.29) is 11.5 Å². The Hall–Kier alpha value is -2.04. The molecule has 0 radical (unpaired) electrons. The molecule has 0 aliphatic rings. The zero-order valence-electron chi connectivity index (χ0n) is 11.0. The van der Waals surface area contributed by atoms with Gasteiger partial charge in [-0.2, -0.15) is 0 Å². The first-order valence-corrected chi connectivity index (χ1v) is 5.85. The first kappa shape index (κ1) is 12.4. The highest BCUT2D eigenvalue weighted by Gasteiger charge is 2.20. The molecule has 2 aromatic rings. The standard InChI is InChI=1S/C13H17N3O2/c1-8(2)12-14-10-7-5-6-9(13(17)18)11(10)16(12)15(3)4/h5-8H,1-4H3,(H,17,18). The highest BCUT2D eigenvalue weighted by molar-refractivity contribution is 6.01. The first-order chi connectivity index (χ1) is 8.43. The molecule has 0 bridgehead atoms. The number of aromatic nitrogens is 2. The Morgan fingerprint density at radius 1 is 1.39 bits per heavy atom. The van der Waals surface area contributed by atoms with Gasteiger partial charge in [0.2, 0.25) is 0 Å². The van der Waals surface area contributed by atoms with Crippen molar-refractivity contribution in [1.82, 2.24) is 9.66 Å². The molecule has 0 fully saturated rings. The average molecular weight is 247 g/mol. The number of carboxylic acids is 1. The van der Waals surface area contributed by atoms with Crippen LogP contribution < -0.4 is 5.01 Å². The van der Waals surface area contributed by atoms with Crippen LogP contribution in [0.4, 0.5) is 0 Å². The van der Waals surface area contributed by atoms with Crippen molar-refractivity contribution in [2.24, 2.45) is 0 Å². The number of fused-ring (bicyclic) bond motifs is 1. The summed E-state index contributed by atoms with van der Waals surface area (Å²) < 4.78 is 1.86. The first-order valence-electron chi connectivity index (χ1n) is 5.85. The van der Waals surface area contributed by atoms with Gasteiger partial charge in [0.15, 0.2) is 0 Å². The van der Waals surface area contributed by atoms with Crippen LogP contribution in [0.5, 0.6) is 0 Å². The van der Waals surface area contributed by atoms with E-state index >= 15 is 0 Å². The van der Waals surface area contributed by atoms with Crippen molar-refractivity contribution in [1.29, 1.82) is 0 Å². The molecular weight excluding hydrogens is 230 g/mol. The van der Waals surface area contributed by atoms with Crippen molar-refractivity contribution in [3.05, 3.63) is 29.6 Å². The molecule has 2 rings (SSSR count). The third kappa shape index (κ3) is 1.81. The molecule has 0 atom stereocenters. The van der Waals surface area contributed by atoms with E-state index in [1.807, 2.05) is 43.7 Å². The van der Waals surface area contributed by atoms with Gasteiger partial charge < -0.3 is 10.1 Å². The molecule has 0 spiro atoms. The van der Waals surface area contributed by atoms with Gasteiger partial charge in [-0.3, -0.25) is 0 Å². The summed E-state index contributed by atoms with van der Waals surface area (Å²) in [5, 5.41) is 11.1. The van der Waals surface area contributed by atoms with Crippen LogP contribution in [0.25, 0.3) is 11.0 Å². The second kappa shape index (κ2) is 4.33. The molecule has 0 saturated carbocycles. The Bertz CT molecular complexity index is 600. The van der Waals surface area contributed by atoms with Crippen LogP contribution in [-0.4, -0.2) is 34.8 Å². The lowest BCUT2D eigenvalue weighted by Crippen LogP contribution is -2.28. The zero-order valence-corrected chi connectivity index (χ0v) is 11.0. The minimum Gasteiger partial charge on any atom is -0.478 e. The number of nitrogens with zero attached hydrogens (tertiary/aromatic N) is 3. The van der Waals surface area contributed by atoms with Gasteiger partial charge in [-0.15, -0.1) is 0 Å². The molecule has 0 unspecified atom stereocenters. The third-order valence-electron chi connectivity index (χ3n) is 2.83. The van der Waals surface area contributed by atoms with Gasteiger partial charge in [-0.05, 0) is 12.1 Å². The lowest BCUT2D eigenvalue weighted by molar-refractivity contribution is 0.0698. The number of aromatic carboxylic acids is 1. The van der Waals surface area contributed by atoms with E-state index in [0.717, 1.165) is 5.82 Å². The Morgan fingerprint density at radius 2 is 2.06 bits per heavy atom. The van der Waals surface area contributed by atoms with Crippen molar-refractivity contribution in [2.75, 3.05) is 19.1 Å². The summed E-state index contributed by atoms with van der Waals surface area (Å²) >= 11 is 0. The van der Waals surface area contributed by atoms with E-state index in [9.17, 15) is 9.90 Å². The van der Waals surface area contributed by atoms with Crippen LogP contribution in [0, 0.1) is 0 Å². The van der Waals surface area contributed by atoms with E-state index in [1.165, 1.54) is 0 Å². The molecule has 0 aliphatic carbocycles. The molecule has 1 aromatic heterocycles. The largest absolute Gasteiger partial charge is 0.478 e. The Kier molecular flexibility index (Phi) is 2.98. The van der Waals surface area contributed by atoms with E-state index in [1.54, 1.807) is 12.1 Å². The molecule has 5 heteroatoms. The summed E-state index contributed by atoms with van der Waals surface area (Å²) in [6.45, 7) is 4.09. The van der Waals surface area contributed by atoms with Crippen molar-refractivity contribution in [2.45, 2.75) is 19.8 Å². The molecule has 0 saturated heterocycles. The Labute approximate surface area is 106 Å². The minimum absolute atomic E-state index is 0.224. The van der Waals surface area contributed by atoms with Gasteiger partial charge in [0.25, 0.3) is 0 Å². The van der Waals surface area contributed by atoms with Gasteiger partial charge >= 0.3 is 5.97 Å². The number of hydrogen-bond acceptors (Lipinski definition) is 3. The van der Waals surface area contributed by atoms with Gasteiger partial charge in [0.1, 0.15) is 11.3 Å². The smallest absolute Gasteiger partial charge is 0.337 e. The van der Waals surface area contributed by atoms with E-state index in [0.29, 0.717) is 11.0 Å². The van der Waals surface area contributed by atoms with Crippen LogP contribution in [0.1, 0.15) is 35.9 Å². The highest BCUT2D eigenvalue weighted by atomic mass is 16.4. The average Bonchev–Trinajstić information content (AvgIpc) is 2.67. The SMILES string of the molecule is CC(C)c1nc2cccc(C(=O)O)c2n1N(C)C. The fraction of sp³-hybridized carbons (Fsp3) is 0.385. The normalized spacial score (nSPS) is 11.2. The van der Waals surface area contributed by atoms with Crippen LogP contribution in [0.2, 0.25) is 0 Å². The summed E-state index contributed by atoms with van der Waals surface area (Å²) in [4.78, 5) is 15.8. The highest BCUT2D eigenvalue weighted by Crippen LogP contribution is 2.24. The monoisotopic (exact) mass is 247 g/mol. The molecule has 1 aromatic carbocycles. The molecule has 5 nitrogen and oxygen atoms in total. The topological polar surface area (TPSA) is 58.4 Å². The van der Waals surface area contributed by atoms with E-state index in [2.05, 4.69) is 4.98 Å². The van der Waals surface area contributed by atoms with Crippen LogP contribution in [-0.2, 0) is 0 Å². The molecule has 0 aliphatic heterocycles. The Morgan fingerprint density at radius 3 is 2.56 bits per heavy atom. The molecule has 0 amide bonds. The maximum atomic E-state index is 11.3. The second-order valence-corrected chi connectivity index (χ2v) is 4.76. The number of carboxylic acid groups (broad SMARTS) is 1. The van der Waals surface area contributed by atoms with Crippen molar-refractivity contribution in [3.63, 3.8) is 0 Å². The second-order valence-electron chi connectivity index (χ2n) is 4.76. The lowest BCUT2D eigenvalue weighted by atomic mass is 10.2. The van der Waals surface area contributed by atoms with Gasteiger partial charge in [0.05, 0.1) is 11.1 Å². The quantitative estimate of drug-likeness (QED) is 0.902.